The molecule has 3 aromatic rings. The van der Waals surface area contributed by atoms with E-state index >= 15 is 0 Å². The van der Waals surface area contributed by atoms with Crippen LogP contribution in [-0.4, -0.2) is 43.9 Å². The van der Waals surface area contributed by atoms with E-state index < -0.39 is 18.2 Å². The lowest BCUT2D eigenvalue weighted by atomic mass is 9.87. The van der Waals surface area contributed by atoms with Crippen LogP contribution in [0.15, 0.2) is 60.7 Å². The summed E-state index contributed by atoms with van der Waals surface area (Å²) in [5.74, 6) is -0.555. The minimum atomic E-state index is -3.10. The highest BCUT2D eigenvalue weighted by Gasteiger charge is 2.25. The Morgan fingerprint density at radius 3 is 2.51 bits per heavy atom. The second-order valence-electron chi connectivity index (χ2n) is 10.0. The summed E-state index contributed by atoms with van der Waals surface area (Å²) in [5.41, 5.74) is 12.3. The van der Waals surface area contributed by atoms with E-state index in [2.05, 4.69) is 9.64 Å². The third-order valence-corrected chi connectivity index (χ3v) is 7.35. The molecule has 2 N–H and O–H groups in total. The van der Waals surface area contributed by atoms with Crippen LogP contribution in [0.3, 0.4) is 0 Å². The molecular weight excluding hydrogens is 508 g/mol. The highest BCUT2D eigenvalue weighted by molar-refractivity contribution is 6.00. The molecule has 1 aliphatic carbocycles. The van der Waals surface area contributed by atoms with E-state index in [0.29, 0.717) is 24.1 Å². The predicted octanol–water partition coefficient (Wildman–Crippen LogP) is 7.12. The number of alkyl halides is 3. The third-order valence-electron chi connectivity index (χ3n) is 7.35. The number of nitrogen functional groups attached to an aromatic ring is 1. The van der Waals surface area contributed by atoms with Crippen LogP contribution in [0.5, 0.6) is 11.5 Å². The molecule has 1 atom stereocenters. The Morgan fingerprint density at radius 2 is 1.77 bits per heavy atom. The number of nitrogens with zero attached hydrogens (tertiary/aromatic N) is 1. The molecule has 8 heteroatoms. The van der Waals surface area contributed by atoms with Crippen molar-refractivity contribution in [2.75, 3.05) is 32.0 Å². The molecule has 0 spiro atoms. The zero-order chi connectivity index (χ0) is 27.4. The number of halogens is 4. The summed E-state index contributed by atoms with van der Waals surface area (Å²) < 4.78 is 63.2. The molecule has 0 radical (unpaired) electrons. The van der Waals surface area contributed by atoms with E-state index in [1.807, 2.05) is 42.5 Å². The van der Waals surface area contributed by atoms with Gasteiger partial charge >= 0.3 is 6.61 Å². The van der Waals surface area contributed by atoms with Crippen molar-refractivity contribution in [3.05, 3.63) is 88.7 Å². The van der Waals surface area contributed by atoms with Crippen LogP contribution in [0.25, 0.3) is 11.1 Å². The molecule has 206 valence electrons. The van der Waals surface area contributed by atoms with E-state index in [1.54, 1.807) is 6.07 Å². The van der Waals surface area contributed by atoms with Gasteiger partial charge in [-0.15, -0.1) is 0 Å². The number of aryl methyl sites for hydroxylation is 1. The topological polar surface area (TPSA) is 47.7 Å². The van der Waals surface area contributed by atoms with E-state index in [0.717, 1.165) is 72.5 Å². The Morgan fingerprint density at radius 1 is 0.974 bits per heavy atom. The van der Waals surface area contributed by atoms with E-state index in [4.69, 9.17) is 10.5 Å². The largest absolute Gasteiger partial charge is 0.489 e. The molecule has 0 bridgehead atoms. The van der Waals surface area contributed by atoms with Crippen molar-refractivity contribution in [1.29, 1.82) is 0 Å². The fourth-order valence-electron chi connectivity index (χ4n) is 5.58. The van der Waals surface area contributed by atoms with Crippen LogP contribution in [0, 0.1) is 5.82 Å². The second kappa shape index (κ2) is 12.1. The highest BCUT2D eigenvalue weighted by atomic mass is 19.3. The van der Waals surface area contributed by atoms with Gasteiger partial charge < -0.3 is 15.2 Å². The number of fused-ring (bicyclic) bond motifs is 1. The summed E-state index contributed by atoms with van der Waals surface area (Å²) in [5, 5.41) is 0. The number of rotatable bonds is 9. The van der Waals surface area contributed by atoms with Gasteiger partial charge in [0.15, 0.2) is 11.6 Å². The van der Waals surface area contributed by atoms with Gasteiger partial charge in [-0.25, -0.2) is 4.39 Å². The first-order valence-electron chi connectivity index (χ1n) is 13.3. The van der Waals surface area contributed by atoms with Crippen LogP contribution in [0.4, 0.5) is 23.2 Å². The van der Waals surface area contributed by atoms with Gasteiger partial charge in [0.1, 0.15) is 11.9 Å². The number of hydrogen-bond donors (Lipinski definition) is 1. The van der Waals surface area contributed by atoms with Gasteiger partial charge in [-0.3, -0.25) is 9.29 Å². The van der Waals surface area contributed by atoms with Crippen molar-refractivity contribution < 1.29 is 27.0 Å². The Hall–Kier alpha value is -3.52. The SMILES string of the molecule is Nc1ccc2c(c1)CCCC(c1ccc(OC(F)F)c(F)c1)=C2c1ccc(O[C@H]2CCN(CCCF)C2)cc1. The van der Waals surface area contributed by atoms with Crippen LogP contribution in [0.2, 0.25) is 0 Å². The molecule has 1 heterocycles. The zero-order valence-electron chi connectivity index (χ0n) is 21.6. The number of hydrogen-bond acceptors (Lipinski definition) is 4. The number of nitrogens with two attached hydrogens (primary N) is 1. The van der Waals surface area contributed by atoms with Gasteiger partial charge in [0, 0.05) is 25.3 Å². The second-order valence-corrected chi connectivity index (χ2v) is 10.0. The Labute approximate surface area is 226 Å². The summed E-state index contributed by atoms with van der Waals surface area (Å²) >= 11 is 0. The van der Waals surface area contributed by atoms with E-state index in [1.165, 1.54) is 12.1 Å². The number of likely N-dealkylation sites (tertiary alicyclic amines) is 1. The molecule has 1 fully saturated rings. The lowest BCUT2D eigenvalue weighted by Gasteiger charge is -2.19. The van der Waals surface area contributed by atoms with Gasteiger partial charge in [-0.05, 0) is 102 Å². The first kappa shape index (κ1) is 27.1. The molecule has 0 saturated carbocycles. The first-order valence-corrected chi connectivity index (χ1v) is 13.3. The van der Waals surface area contributed by atoms with Crippen molar-refractivity contribution in [1.82, 2.24) is 4.90 Å². The number of ether oxygens (including phenoxy) is 2. The minimum absolute atomic E-state index is 0.0590. The monoisotopic (exact) mass is 540 g/mol. The smallest absolute Gasteiger partial charge is 0.387 e. The maximum atomic E-state index is 14.8. The van der Waals surface area contributed by atoms with Crippen molar-refractivity contribution in [3.63, 3.8) is 0 Å². The average molecular weight is 541 g/mol. The standard InChI is InChI=1S/C31H32F4N2O2/c32-14-2-15-37-16-13-25(19-37)38-24-9-5-20(6-10-24)30-26(4-1-3-21-17-23(36)8-11-27(21)30)22-7-12-29(28(33)18-22)39-31(34)35/h5-12,17-18,25,31H,1-4,13-16,19,36H2/t25-/m0/s1. The summed E-state index contributed by atoms with van der Waals surface area (Å²) in [6, 6.07) is 17.8. The van der Waals surface area contributed by atoms with E-state index in [-0.39, 0.29) is 12.8 Å². The number of benzene rings is 3. The van der Waals surface area contributed by atoms with Gasteiger partial charge in [0.25, 0.3) is 0 Å². The molecule has 4 nitrogen and oxygen atoms in total. The molecule has 0 unspecified atom stereocenters. The molecule has 1 saturated heterocycles. The van der Waals surface area contributed by atoms with Crippen molar-refractivity contribution >= 4 is 16.8 Å². The minimum Gasteiger partial charge on any atom is -0.489 e. The quantitative estimate of drug-likeness (QED) is 0.232. The lowest BCUT2D eigenvalue weighted by Crippen LogP contribution is -2.26. The van der Waals surface area contributed by atoms with Crippen molar-refractivity contribution in [2.45, 2.75) is 44.8 Å². The van der Waals surface area contributed by atoms with Crippen LogP contribution in [0.1, 0.15) is 47.9 Å². The third kappa shape index (κ3) is 6.38. The van der Waals surface area contributed by atoms with Gasteiger partial charge in [0.05, 0.1) is 6.67 Å². The maximum Gasteiger partial charge on any atom is 0.387 e. The zero-order valence-corrected chi connectivity index (χ0v) is 21.6. The molecule has 39 heavy (non-hydrogen) atoms. The lowest BCUT2D eigenvalue weighted by molar-refractivity contribution is -0.0521. The Bertz CT molecular complexity index is 1330. The molecule has 0 aromatic heterocycles. The maximum absolute atomic E-state index is 14.8. The Kier molecular flexibility index (Phi) is 8.41. The summed E-state index contributed by atoms with van der Waals surface area (Å²) in [4.78, 5) is 2.22. The average Bonchev–Trinajstić information content (AvgIpc) is 3.27. The number of anilines is 1. The fourth-order valence-corrected chi connectivity index (χ4v) is 5.58. The van der Waals surface area contributed by atoms with Gasteiger partial charge in [-0.2, -0.15) is 8.78 Å². The van der Waals surface area contributed by atoms with Crippen LogP contribution < -0.4 is 15.2 Å². The molecule has 3 aromatic carbocycles. The molecule has 5 rings (SSSR count). The predicted molar refractivity (Wildman–Crippen MR) is 145 cm³/mol. The molecular formula is C31H32F4N2O2. The summed E-state index contributed by atoms with van der Waals surface area (Å²) in [6.07, 6.45) is 3.81. The fraction of sp³-hybridized carbons (Fsp3) is 0.355. The van der Waals surface area contributed by atoms with Gasteiger partial charge in [-0.1, -0.05) is 24.3 Å². The van der Waals surface area contributed by atoms with Gasteiger partial charge in [0.2, 0.25) is 0 Å². The van der Waals surface area contributed by atoms with E-state index in [9.17, 15) is 17.6 Å². The molecule has 2 aliphatic rings. The van der Waals surface area contributed by atoms with Crippen LogP contribution >= 0.6 is 0 Å². The van der Waals surface area contributed by atoms with Crippen molar-refractivity contribution in [2.24, 2.45) is 0 Å². The highest BCUT2D eigenvalue weighted by Crippen LogP contribution is 2.41. The van der Waals surface area contributed by atoms with Crippen LogP contribution in [-0.2, 0) is 6.42 Å². The Balaban J connectivity index is 1.48. The number of allylic oxidation sites excluding steroid dienone is 1. The normalized spacial score (nSPS) is 17.8. The summed E-state index contributed by atoms with van der Waals surface area (Å²) in [7, 11) is 0. The first-order chi connectivity index (χ1) is 18.9. The van der Waals surface area contributed by atoms with Crippen molar-refractivity contribution in [3.8, 4) is 11.5 Å². The molecule has 0 amide bonds. The summed E-state index contributed by atoms with van der Waals surface area (Å²) in [6.45, 7) is -0.985. The molecule has 1 aliphatic heterocycles.